The Balaban J connectivity index is 1.81. The Labute approximate surface area is 164 Å². The number of nitrogens with zero attached hydrogens (tertiary/aromatic N) is 3. The zero-order chi connectivity index (χ0) is 19.7. The lowest BCUT2D eigenvalue weighted by Crippen LogP contribution is -2.28. The summed E-state index contributed by atoms with van der Waals surface area (Å²) in [6.45, 7) is 2.00. The highest BCUT2D eigenvalue weighted by atomic mass is 32.1. The predicted octanol–water partition coefficient (Wildman–Crippen LogP) is 1.97. The summed E-state index contributed by atoms with van der Waals surface area (Å²) in [6.07, 6.45) is 2.06. The predicted molar refractivity (Wildman–Crippen MR) is 109 cm³/mol. The van der Waals surface area contributed by atoms with Gasteiger partial charge in [0.1, 0.15) is 11.4 Å². The average Bonchev–Trinajstić information content (AvgIpc) is 2.99. The van der Waals surface area contributed by atoms with Crippen molar-refractivity contribution in [3.63, 3.8) is 0 Å². The number of methoxy groups -OCH3 is 1. The SMILES string of the molecule is COc1ccccc1/C=c1/sc2nc(=O)c(Cc3ccc(C)cc3)nn2c1=O. The molecule has 4 aromatic rings. The summed E-state index contributed by atoms with van der Waals surface area (Å²) >= 11 is 1.13. The molecule has 2 aromatic carbocycles. The molecule has 2 aromatic heterocycles. The van der Waals surface area contributed by atoms with Crippen LogP contribution in [0.2, 0.25) is 0 Å². The van der Waals surface area contributed by atoms with Gasteiger partial charge in [0.15, 0.2) is 0 Å². The van der Waals surface area contributed by atoms with Crippen LogP contribution in [0.25, 0.3) is 11.0 Å². The molecule has 7 heteroatoms. The van der Waals surface area contributed by atoms with Crippen LogP contribution < -0.4 is 20.4 Å². The molecule has 0 bridgehead atoms. The Morgan fingerprint density at radius 2 is 1.86 bits per heavy atom. The van der Waals surface area contributed by atoms with Crippen molar-refractivity contribution in [3.8, 4) is 5.75 Å². The van der Waals surface area contributed by atoms with Gasteiger partial charge in [-0.25, -0.2) is 0 Å². The summed E-state index contributed by atoms with van der Waals surface area (Å²) < 4.78 is 6.97. The molecule has 0 aliphatic heterocycles. The van der Waals surface area contributed by atoms with E-state index < -0.39 is 5.56 Å². The van der Waals surface area contributed by atoms with E-state index in [1.165, 1.54) is 4.52 Å². The fourth-order valence-electron chi connectivity index (χ4n) is 2.88. The molecular formula is C21H17N3O3S. The third-order valence-corrected chi connectivity index (χ3v) is 5.33. The fraction of sp³-hybridized carbons (Fsp3) is 0.143. The third kappa shape index (κ3) is 3.44. The summed E-state index contributed by atoms with van der Waals surface area (Å²) in [4.78, 5) is 29.5. The van der Waals surface area contributed by atoms with E-state index in [4.69, 9.17) is 4.74 Å². The second-order valence-corrected chi connectivity index (χ2v) is 7.39. The molecule has 0 atom stereocenters. The van der Waals surface area contributed by atoms with Crippen molar-refractivity contribution in [1.82, 2.24) is 14.6 Å². The Bertz CT molecular complexity index is 1320. The van der Waals surface area contributed by atoms with E-state index in [9.17, 15) is 9.59 Å². The zero-order valence-corrected chi connectivity index (χ0v) is 16.2. The third-order valence-electron chi connectivity index (χ3n) is 4.37. The van der Waals surface area contributed by atoms with Crippen molar-refractivity contribution < 1.29 is 4.74 Å². The van der Waals surface area contributed by atoms with E-state index in [2.05, 4.69) is 10.1 Å². The number of thiazole rings is 1. The molecule has 28 heavy (non-hydrogen) atoms. The second kappa shape index (κ2) is 7.36. The Morgan fingerprint density at radius 1 is 1.11 bits per heavy atom. The molecule has 0 saturated carbocycles. The minimum Gasteiger partial charge on any atom is -0.496 e. The van der Waals surface area contributed by atoms with E-state index in [0.717, 1.165) is 28.0 Å². The molecule has 0 aliphatic rings. The maximum absolute atomic E-state index is 12.8. The number of benzene rings is 2. The lowest BCUT2D eigenvalue weighted by Gasteiger charge is -2.02. The van der Waals surface area contributed by atoms with Gasteiger partial charge in [-0.15, -0.1) is 0 Å². The maximum Gasteiger partial charge on any atom is 0.296 e. The molecule has 6 nitrogen and oxygen atoms in total. The molecule has 0 radical (unpaired) electrons. The molecule has 2 heterocycles. The number of fused-ring (bicyclic) bond motifs is 1. The van der Waals surface area contributed by atoms with Crippen molar-refractivity contribution >= 4 is 22.4 Å². The quantitative estimate of drug-likeness (QED) is 0.532. The van der Waals surface area contributed by atoms with E-state index >= 15 is 0 Å². The minimum atomic E-state index is -0.411. The highest BCUT2D eigenvalue weighted by Gasteiger charge is 2.12. The number of aryl methyl sites for hydroxylation is 1. The van der Waals surface area contributed by atoms with Gasteiger partial charge in [0.05, 0.1) is 11.6 Å². The van der Waals surface area contributed by atoms with Gasteiger partial charge in [-0.05, 0) is 24.6 Å². The number of para-hydroxylation sites is 1. The highest BCUT2D eigenvalue weighted by molar-refractivity contribution is 7.15. The molecule has 0 fully saturated rings. The first-order valence-electron chi connectivity index (χ1n) is 8.68. The van der Waals surface area contributed by atoms with Crippen LogP contribution in [0.15, 0.2) is 58.1 Å². The van der Waals surface area contributed by atoms with Crippen molar-refractivity contribution in [1.29, 1.82) is 0 Å². The van der Waals surface area contributed by atoms with Crippen LogP contribution in [0.3, 0.4) is 0 Å². The normalized spacial score (nSPS) is 11.9. The highest BCUT2D eigenvalue weighted by Crippen LogP contribution is 2.17. The van der Waals surface area contributed by atoms with Gasteiger partial charge in [-0.2, -0.15) is 14.6 Å². The summed E-state index contributed by atoms with van der Waals surface area (Å²) in [6, 6.07) is 15.2. The first-order chi connectivity index (χ1) is 13.5. The van der Waals surface area contributed by atoms with E-state index in [1.54, 1.807) is 13.2 Å². The molecule has 4 rings (SSSR count). The Hall–Kier alpha value is -3.32. The fourth-order valence-corrected chi connectivity index (χ4v) is 3.77. The van der Waals surface area contributed by atoms with Gasteiger partial charge >= 0.3 is 0 Å². The molecule has 0 unspecified atom stereocenters. The van der Waals surface area contributed by atoms with Crippen molar-refractivity contribution in [3.05, 3.63) is 96.2 Å². The van der Waals surface area contributed by atoms with Gasteiger partial charge < -0.3 is 4.74 Å². The standard InChI is InChI=1S/C21H17N3O3S/c1-13-7-9-14(10-8-13)11-16-19(25)22-21-24(23-16)20(26)18(28-21)12-15-5-3-4-6-17(15)27-2/h3-10,12H,11H2,1-2H3/b18-12+. The molecule has 0 aliphatic carbocycles. The first-order valence-corrected chi connectivity index (χ1v) is 9.50. The van der Waals surface area contributed by atoms with Crippen LogP contribution in [0, 0.1) is 6.92 Å². The molecular weight excluding hydrogens is 374 g/mol. The van der Waals surface area contributed by atoms with Crippen LogP contribution in [0.5, 0.6) is 5.75 Å². The molecule has 0 saturated heterocycles. The van der Waals surface area contributed by atoms with Gasteiger partial charge in [-0.3, -0.25) is 9.59 Å². The maximum atomic E-state index is 12.8. The van der Waals surface area contributed by atoms with Gasteiger partial charge in [0.2, 0.25) is 4.96 Å². The summed E-state index contributed by atoms with van der Waals surface area (Å²) in [5.41, 5.74) is 2.39. The van der Waals surface area contributed by atoms with Crippen LogP contribution in [-0.4, -0.2) is 21.7 Å². The lowest BCUT2D eigenvalue weighted by atomic mass is 10.1. The summed E-state index contributed by atoms with van der Waals surface area (Å²) in [5, 5.41) is 4.29. The van der Waals surface area contributed by atoms with Gasteiger partial charge in [0, 0.05) is 12.0 Å². The minimum absolute atomic E-state index is 0.250. The van der Waals surface area contributed by atoms with E-state index in [-0.39, 0.29) is 16.2 Å². The summed E-state index contributed by atoms with van der Waals surface area (Å²) in [5.74, 6) is 0.662. The van der Waals surface area contributed by atoms with Gasteiger partial charge in [0.25, 0.3) is 11.1 Å². The molecule has 0 amide bonds. The molecule has 140 valence electrons. The number of ether oxygens (including phenoxy) is 1. The topological polar surface area (TPSA) is 73.6 Å². The number of rotatable bonds is 4. The first kappa shape index (κ1) is 18.1. The van der Waals surface area contributed by atoms with Crippen LogP contribution >= 0.6 is 11.3 Å². The average molecular weight is 391 g/mol. The second-order valence-electron chi connectivity index (χ2n) is 6.38. The van der Waals surface area contributed by atoms with Crippen LogP contribution in [0.1, 0.15) is 22.4 Å². The zero-order valence-electron chi connectivity index (χ0n) is 15.4. The lowest BCUT2D eigenvalue weighted by molar-refractivity contribution is 0.414. The van der Waals surface area contributed by atoms with E-state index in [1.807, 2.05) is 55.5 Å². The monoisotopic (exact) mass is 391 g/mol. The molecule has 0 spiro atoms. The van der Waals surface area contributed by atoms with E-state index in [0.29, 0.717) is 16.7 Å². The Kier molecular flexibility index (Phi) is 4.75. The Morgan fingerprint density at radius 3 is 2.61 bits per heavy atom. The largest absolute Gasteiger partial charge is 0.496 e. The smallest absolute Gasteiger partial charge is 0.296 e. The molecule has 0 N–H and O–H groups in total. The number of hydrogen-bond acceptors (Lipinski definition) is 6. The summed E-state index contributed by atoms with van der Waals surface area (Å²) in [7, 11) is 1.58. The van der Waals surface area contributed by atoms with Gasteiger partial charge in [-0.1, -0.05) is 59.4 Å². The van der Waals surface area contributed by atoms with Crippen molar-refractivity contribution in [2.75, 3.05) is 7.11 Å². The van der Waals surface area contributed by atoms with Crippen LogP contribution in [0.4, 0.5) is 0 Å². The number of hydrogen-bond donors (Lipinski definition) is 0. The number of aromatic nitrogens is 3. The van der Waals surface area contributed by atoms with Crippen molar-refractivity contribution in [2.24, 2.45) is 0 Å². The van der Waals surface area contributed by atoms with Crippen molar-refractivity contribution in [2.45, 2.75) is 13.3 Å². The van der Waals surface area contributed by atoms with Crippen LogP contribution in [-0.2, 0) is 6.42 Å².